The van der Waals surface area contributed by atoms with Crippen LogP contribution in [-0.2, 0) is 13.1 Å². The lowest BCUT2D eigenvalue weighted by Crippen LogP contribution is -2.52. The van der Waals surface area contributed by atoms with Crippen LogP contribution in [0.25, 0.3) is 0 Å². The fourth-order valence-corrected chi connectivity index (χ4v) is 4.55. The maximum atomic E-state index is 9.60. The quantitative estimate of drug-likeness (QED) is 0.694. The van der Waals surface area contributed by atoms with Gasteiger partial charge in [0.05, 0.1) is 6.61 Å². The molecule has 28 heavy (non-hydrogen) atoms. The molecule has 0 spiro atoms. The van der Waals surface area contributed by atoms with Crippen molar-refractivity contribution >= 4 is 16.5 Å². The second-order valence-electron chi connectivity index (χ2n) is 7.42. The fourth-order valence-electron chi connectivity index (χ4n) is 3.68. The van der Waals surface area contributed by atoms with E-state index in [1.807, 2.05) is 39.3 Å². The largest absolute Gasteiger partial charge is 0.494 e. The molecule has 0 saturated carbocycles. The second kappa shape index (κ2) is 10.2. The molecule has 154 valence electrons. The van der Waals surface area contributed by atoms with E-state index in [9.17, 15) is 5.11 Å². The number of thiazole rings is 1. The molecule has 0 bridgehead atoms. The Morgan fingerprint density at radius 1 is 1.25 bits per heavy atom. The Morgan fingerprint density at radius 3 is 2.79 bits per heavy atom. The Balaban J connectivity index is 1.64. The second-order valence-corrected chi connectivity index (χ2v) is 8.51. The minimum absolute atomic E-state index is 0.216. The van der Waals surface area contributed by atoms with Gasteiger partial charge in [-0.1, -0.05) is 18.2 Å². The highest BCUT2D eigenvalue weighted by Crippen LogP contribution is 2.26. The maximum Gasteiger partial charge on any atom is 0.185 e. The smallest absolute Gasteiger partial charge is 0.185 e. The van der Waals surface area contributed by atoms with Gasteiger partial charge in [0.2, 0.25) is 0 Å². The van der Waals surface area contributed by atoms with Gasteiger partial charge < -0.3 is 14.7 Å². The van der Waals surface area contributed by atoms with Crippen LogP contribution in [0.5, 0.6) is 5.75 Å². The number of aromatic nitrogens is 1. The highest BCUT2D eigenvalue weighted by Gasteiger charge is 2.27. The Morgan fingerprint density at radius 2 is 2.07 bits per heavy atom. The molecule has 0 amide bonds. The number of para-hydroxylation sites is 1. The van der Waals surface area contributed by atoms with E-state index in [0.717, 1.165) is 50.0 Å². The van der Waals surface area contributed by atoms with Gasteiger partial charge in [0.1, 0.15) is 5.75 Å². The summed E-state index contributed by atoms with van der Waals surface area (Å²) in [5, 5.41) is 10.6. The first-order chi connectivity index (χ1) is 13.6. The topological polar surface area (TPSA) is 52.1 Å². The first-order valence-corrected chi connectivity index (χ1v) is 10.8. The van der Waals surface area contributed by atoms with E-state index in [-0.39, 0.29) is 6.61 Å². The van der Waals surface area contributed by atoms with Gasteiger partial charge in [0.15, 0.2) is 5.13 Å². The highest BCUT2D eigenvalue weighted by atomic mass is 32.1. The fraction of sp³-hybridized carbons (Fsp3) is 0.571. The van der Waals surface area contributed by atoms with Crippen molar-refractivity contribution in [3.05, 3.63) is 40.9 Å². The average molecular weight is 405 g/mol. The molecule has 1 saturated heterocycles. The van der Waals surface area contributed by atoms with Crippen molar-refractivity contribution in [2.45, 2.75) is 32.5 Å². The van der Waals surface area contributed by atoms with Gasteiger partial charge in [-0.3, -0.25) is 9.80 Å². The van der Waals surface area contributed by atoms with Gasteiger partial charge in [-0.05, 0) is 19.4 Å². The summed E-state index contributed by atoms with van der Waals surface area (Å²) in [7, 11) is 4.05. The molecule has 1 aromatic carbocycles. The number of ether oxygens (including phenoxy) is 1. The zero-order valence-electron chi connectivity index (χ0n) is 17.2. The van der Waals surface area contributed by atoms with Crippen molar-refractivity contribution in [2.24, 2.45) is 0 Å². The summed E-state index contributed by atoms with van der Waals surface area (Å²) < 4.78 is 5.80. The summed E-state index contributed by atoms with van der Waals surface area (Å²) in [4.78, 5) is 12.8. The summed E-state index contributed by atoms with van der Waals surface area (Å²) >= 11 is 1.75. The summed E-state index contributed by atoms with van der Waals surface area (Å²) in [5.74, 6) is 0.969. The predicted octanol–water partition coefficient (Wildman–Crippen LogP) is 2.68. The number of hydrogen-bond acceptors (Lipinski definition) is 7. The van der Waals surface area contributed by atoms with Gasteiger partial charge in [0, 0.05) is 76.1 Å². The normalized spacial score (nSPS) is 18.4. The monoisotopic (exact) mass is 404 g/mol. The highest BCUT2D eigenvalue weighted by molar-refractivity contribution is 7.15. The van der Waals surface area contributed by atoms with E-state index >= 15 is 0 Å². The molecule has 1 aliphatic rings. The summed E-state index contributed by atoms with van der Waals surface area (Å²) in [5.41, 5.74) is 1.22. The molecule has 1 fully saturated rings. The first-order valence-electron chi connectivity index (χ1n) is 10.0. The molecule has 1 aliphatic heterocycles. The van der Waals surface area contributed by atoms with Crippen molar-refractivity contribution in [1.29, 1.82) is 0 Å². The van der Waals surface area contributed by atoms with E-state index < -0.39 is 0 Å². The van der Waals surface area contributed by atoms with Crippen molar-refractivity contribution < 1.29 is 9.84 Å². The molecule has 7 heteroatoms. The van der Waals surface area contributed by atoms with Crippen LogP contribution in [-0.4, -0.2) is 72.9 Å². The van der Waals surface area contributed by atoms with E-state index in [0.29, 0.717) is 12.6 Å². The van der Waals surface area contributed by atoms with Crippen LogP contribution in [0.3, 0.4) is 0 Å². The minimum Gasteiger partial charge on any atom is -0.494 e. The van der Waals surface area contributed by atoms with Gasteiger partial charge >= 0.3 is 0 Å². The number of aliphatic hydroxyl groups is 1. The molecule has 6 nitrogen and oxygen atoms in total. The van der Waals surface area contributed by atoms with Crippen LogP contribution in [0.4, 0.5) is 5.13 Å². The Hall–Kier alpha value is -1.67. The van der Waals surface area contributed by atoms with Crippen molar-refractivity contribution in [3.63, 3.8) is 0 Å². The number of piperazine rings is 1. The van der Waals surface area contributed by atoms with Gasteiger partial charge in [-0.15, -0.1) is 11.3 Å². The van der Waals surface area contributed by atoms with Crippen molar-refractivity contribution in [2.75, 3.05) is 51.8 Å². The third-order valence-electron chi connectivity index (χ3n) is 5.10. The molecular formula is C21H32N4O2S. The van der Waals surface area contributed by atoms with Crippen molar-refractivity contribution in [3.8, 4) is 5.75 Å². The summed E-state index contributed by atoms with van der Waals surface area (Å²) in [6, 6.07) is 8.63. The van der Waals surface area contributed by atoms with Gasteiger partial charge in [-0.2, -0.15) is 0 Å². The van der Waals surface area contributed by atoms with Crippen molar-refractivity contribution in [1.82, 2.24) is 14.8 Å². The van der Waals surface area contributed by atoms with Crippen LogP contribution in [0, 0.1) is 0 Å². The third-order valence-corrected chi connectivity index (χ3v) is 6.25. The molecule has 0 aliphatic carbocycles. The molecule has 2 heterocycles. The zero-order valence-corrected chi connectivity index (χ0v) is 18.0. The van der Waals surface area contributed by atoms with Crippen LogP contribution in [0.1, 0.15) is 23.8 Å². The lowest BCUT2D eigenvalue weighted by molar-refractivity contribution is 0.0498. The number of anilines is 1. The Labute approximate surface area is 172 Å². The standard InChI is InChI=1S/C21H32N4O2S/c1-4-27-20-8-6-5-7-17(20)14-25-11-10-24(15-18(25)9-12-26)16-19-13-22-21(28-19)23(2)3/h5-8,13,18,26H,4,9-12,14-16H2,1-3H3. The van der Waals surface area contributed by atoms with Crippen LogP contribution in [0.2, 0.25) is 0 Å². The molecule has 1 atom stereocenters. The number of benzene rings is 1. The molecule has 2 aromatic rings. The van der Waals surface area contributed by atoms with Crippen LogP contribution >= 0.6 is 11.3 Å². The van der Waals surface area contributed by atoms with Crippen LogP contribution < -0.4 is 9.64 Å². The molecule has 1 aromatic heterocycles. The lowest BCUT2D eigenvalue weighted by Gasteiger charge is -2.41. The maximum absolute atomic E-state index is 9.60. The number of aliphatic hydroxyl groups excluding tert-OH is 1. The van der Waals surface area contributed by atoms with Gasteiger partial charge in [-0.25, -0.2) is 4.98 Å². The van der Waals surface area contributed by atoms with E-state index in [1.54, 1.807) is 11.3 Å². The average Bonchev–Trinajstić information content (AvgIpc) is 3.15. The molecule has 0 radical (unpaired) electrons. The summed E-state index contributed by atoms with van der Waals surface area (Å²) in [6.45, 7) is 7.68. The molecule has 3 rings (SSSR count). The number of nitrogens with zero attached hydrogens (tertiary/aromatic N) is 4. The van der Waals surface area contributed by atoms with E-state index in [2.05, 4.69) is 31.8 Å². The minimum atomic E-state index is 0.216. The predicted molar refractivity (Wildman–Crippen MR) is 115 cm³/mol. The number of rotatable bonds is 9. The third kappa shape index (κ3) is 5.44. The molecular weight excluding hydrogens is 372 g/mol. The van der Waals surface area contributed by atoms with E-state index in [4.69, 9.17) is 4.74 Å². The SMILES string of the molecule is CCOc1ccccc1CN1CCN(Cc2cnc(N(C)C)s2)CC1CCO. The Kier molecular flexibility index (Phi) is 7.67. The zero-order chi connectivity index (χ0) is 19.9. The van der Waals surface area contributed by atoms with Crippen LogP contribution in [0.15, 0.2) is 30.5 Å². The first kappa shape index (κ1) is 21.0. The summed E-state index contributed by atoms with van der Waals surface area (Å²) in [6.07, 6.45) is 2.78. The Bertz CT molecular complexity index is 737. The van der Waals surface area contributed by atoms with Gasteiger partial charge in [0.25, 0.3) is 0 Å². The molecule has 1 unspecified atom stereocenters. The lowest BCUT2D eigenvalue weighted by atomic mass is 10.1. The number of hydrogen-bond donors (Lipinski definition) is 1. The molecule has 1 N–H and O–H groups in total. The van der Waals surface area contributed by atoms with E-state index in [1.165, 1.54) is 10.4 Å².